The summed E-state index contributed by atoms with van der Waals surface area (Å²) in [6, 6.07) is 7.72. The first-order chi connectivity index (χ1) is 7.34. The van der Waals surface area contributed by atoms with Crippen molar-refractivity contribution in [3.05, 3.63) is 29.8 Å². The summed E-state index contributed by atoms with van der Waals surface area (Å²) in [6.45, 7) is 2.45. The average Bonchev–Trinajstić information content (AvgIpc) is 2.71. The molecule has 82 valence electrons. The Bertz CT molecular complexity index is 308. The summed E-state index contributed by atoms with van der Waals surface area (Å²) in [5, 5.41) is 12.6. The lowest BCUT2D eigenvalue weighted by atomic mass is 10.2. The number of benzene rings is 1. The molecule has 1 atom stereocenters. The first kappa shape index (κ1) is 10.5. The Balaban J connectivity index is 1.73. The van der Waals surface area contributed by atoms with Crippen molar-refractivity contribution in [2.24, 2.45) is 0 Å². The van der Waals surface area contributed by atoms with E-state index < -0.39 is 0 Å². The van der Waals surface area contributed by atoms with E-state index in [4.69, 9.17) is 4.74 Å². The van der Waals surface area contributed by atoms with Gasteiger partial charge < -0.3 is 15.2 Å². The van der Waals surface area contributed by atoms with Gasteiger partial charge in [0.05, 0.1) is 13.2 Å². The van der Waals surface area contributed by atoms with Crippen LogP contribution in [0.1, 0.15) is 18.4 Å². The molecule has 1 saturated heterocycles. The zero-order valence-electron chi connectivity index (χ0n) is 8.78. The first-order valence-electron chi connectivity index (χ1n) is 5.43. The lowest BCUT2D eigenvalue weighted by molar-refractivity contribution is 0.103. The molecule has 0 aromatic heterocycles. The molecule has 0 bridgehead atoms. The van der Waals surface area contributed by atoms with Crippen LogP contribution in [0.3, 0.4) is 0 Å². The number of hydrogen-bond donors (Lipinski definition) is 2. The van der Waals surface area contributed by atoms with Gasteiger partial charge in [0.1, 0.15) is 5.75 Å². The lowest BCUT2D eigenvalue weighted by Gasteiger charge is -2.10. The van der Waals surface area contributed by atoms with Crippen LogP contribution in [0.5, 0.6) is 5.75 Å². The Kier molecular flexibility index (Phi) is 3.59. The van der Waals surface area contributed by atoms with E-state index in [9.17, 15) is 5.11 Å². The maximum absolute atomic E-state index is 9.26. The molecule has 1 aliphatic heterocycles. The number of rotatable bonds is 4. The van der Waals surface area contributed by atoms with Crippen LogP contribution in [0.25, 0.3) is 0 Å². The highest BCUT2D eigenvalue weighted by Crippen LogP contribution is 2.12. The van der Waals surface area contributed by atoms with Crippen molar-refractivity contribution in [2.75, 3.05) is 13.2 Å². The number of aromatic hydroxyl groups is 1. The first-order valence-corrected chi connectivity index (χ1v) is 5.43. The summed E-state index contributed by atoms with van der Waals surface area (Å²) in [5.74, 6) is 0.301. The van der Waals surface area contributed by atoms with Gasteiger partial charge in [-0.05, 0) is 37.1 Å². The van der Waals surface area contributed by atoms with Crippen LogP contribution in [0.4, 0.5) is 0 Å². The second-order valence-corrected chi connectivity index (χ2v) is 3.98. The molecular weight excluding hydrogens is 190 g/mol. The topological polar surface area (TPSA) is 41.5 Å². The van der Waals surface area contributed by atoms with E-state index >= 15 is 0 Å². The summed E-state index contributed by atoms with van der Waals surface area (Å²) >= 11 is 0. The minimum Gasteiger partial charge on any atom is -0.508 e. The van der Waals surface area contributed by atoms with Crippen molar-refractivity contribution in [3.8, 4) is 5.75 Å². The van der Waals surface area contributed by atoms with Crippen molar-refractivity contribution in [2.45, 2.75) is 25.5 Å². The highest BCUT2D eigenvalue weighted by Gasteiger charge is 2.13. The van der Waals surface area contributed by atoms with E-state index in [-0.39, 0.29) is 0 Å². The second-order valence-electron chi connectivity index (χ2n) is 3.98. The molecule has 1 aromatic carbocycles. The van der Waals surface area contributed by atoms with Gasteiger partial charge in [-0.25, -0.2) is 0 Å². The summed E-state index contributed by atoms with van der Waals surface area (Å²) in [6.07, 6.45) is 2.46. The summed E-state index contributed by atoms with van der Waals surface area (Å²) < 4.78 is 5.58. The molecule has 1 aromatic rings. The highest BCUT2D eigenvalue weighted by molar-refractivity contribution is 5.26. The predicted molar refractivity (Wildman–Crippen MR) is 58.8 cm³/mol. The van der Waals surface area contributed by atoms with Gasteiger partial charge in [0, 0.05) is 6.04 Å². The van der Waals surface area contributed by atoms with Gasteiger partial charge in [0.25, 0.3) is 0 Å². The molecule has 0 saturated carbocycles. The molecule has 0 unspecified atom stereocenters. The van der Waals surface area contributed by atoms with Crippen molar-refractivity contribution in [1.29, 1.82) is 0 Å². The van der Waals surface area contributed by atoms with E-state index in [0.717, 1.165) is 18.7 Å². The predicted octanol–water partition coefficient (Wildman–Crippen LogP) is 1.66. The van der Waals surface area contributed by atoms with Gasteiger partial charge in [-0.15, -0.1) is 0 Å². The Morgan fingerprint density at radius 1 is 1.47 bits per heavy atom. The number of hydrogen-bond acceptors (Lipinski definition) is 3. The number of phenols is 1. The van der Waals surface area contributed by atoms with Crippen LogP contribution in [0, 0.1) is 0 Å². The highest BCUT2D eigenvalue weighted by atomic mass is 16.5. The zero-order valence-corrected chi connectivity index (χ0v) is 8.78. The zero-order chi connectivity index (χ0) is 10.5. The molecule has 1 fully saturated rings. The van der Waals surface area contributed by atoms with Crippen molar-refractivity contribution >= 4 is 0 Å². The maximum Gasteiger partial charge on any atom is 0.115 e. The van der Waals surface area contributed by atoms with Gasteiger partial charge >= 0.3 is 0 Å². The minimum atomic E-state index is 0.301. The fraction of sp³-hybridized carbons (Fsp3) is 0.500. The molecule has 0 radical (unpaired) electrons. The minimum absolute atomic E-state index is 0.301. The van der Waals surface area contributed by atoms with Crippen LogP contribution in [0.2, 0.25) is 0 Å². The largest absolute Gasteiger partial charge is 0.508 e. The smallest absolute Gasteiger partial charge is 0.115 e. The monoisotopic (exact) mass is 207 g/mol. The third kappa shape index (κ3) is 3.22. The van der Waals surface area contributed by atoms with Crippen molar-refractivity contribution in [1.82, 2.24) is 5.32 Å². The van der Waals surface area contributed by atoms with E-state index in [1.807, 2.05) is 12.1 Å². The van der Waals surface area contributed by atoms with E-state index in [1.165, 1.54) is 12.8 Å². The molecule has 0 spiro atoms. The normalized spacial score (nSPS) is 20.7. The number of nitrogens with one attached hydrogen (secondary N) is 1. The average molecular weight is 207 g/mol. The Morgan fingerprint density at radius 2 is 2.40 bits per heavy atom. The Labute approximate surface area is 90.1 Å². The third-order valence-electron chi connectivity index (χ3n) is 2.66. The molecule has 1 aliphatic rings. The number of ether oxygens (including phenoxy) is 1. The molecule has 2 N–H and O–H groups in total. The molecule has 15 heavy (non-hydrogen) atoms. The molecule has 0 aliphatic carbocycles. The molecule has 0 amide bonds. The molecule has 3 nitrogen and oxygen atoms in total. The number of phenolic OH excluding ortho intramolecular Hbond substituents is 1. The fourth-order valence-corrected chi connectivity index (χ4v) is 1.86. The lowest BCUT2D eigenvalue weighted by Crippen LogP contribution is -2.26. The van der Waals surface area contributed by atoms with Crippen molar-refractivity contribution in [3.63, 3.8) is 0 Å². The molecule has 1 heterocycles. The van der Waals surface area contributed by atoms with Gasteiger partial charge in [-0.1, -0.05) is 12.1 Å². The summed E-state index contributed by atoms with van der Waals surface area (Å²) in [5.41, 5.74) is 1.02. The molecule has 3 heteroatoms. The Morgan fingerprint density at radius 3 is 3.13 bits per heavy atom. The van der Waals surface area contributed by atoms with Gasteiger partial charge in [0.2, 0.25) is 0 Å². The van der Waals surface area contributed by atoms with E-state index in [2.05, 4.69) is 5.32 Å². The molecular formula is C12H17NO2. The fourth-order valence-electron chi connectivity index (χ4n) is 1.86. The van der Waals surface area contributed by atoms with Crippen molar-refractivity contribution < 1.29 is 9.84 Å². The van der Waals surface area contributed by atoms with Crippen LogP contribution < -0.4 is 5.32 Å². The van der Waals surface area contributed by atoms with E-state index in [0.29, 0.717) is 18.4 Å². The van der Waals surface area contributed by atoms with Crippen LogP contribution >= 0.6 is 0 Å². The van der Waals surface area contributed by atoms with Crippen LogP contribution in [0.15, 0.2) is 24.3 Å². The standard InChI is InChI=1S/C12H17NO2/c14-12-5-1-3-10(7-12)8-15-9-11-4-2-6-13-11/h1,3,5,7,11,13-14H,2,4,6,8-9H2/t11-/m0/s1. The van der Waals surface area contributed by atoms with Gasteiger partial charge in [-0.2, -0.15) is 0 Å². The summed E-state index contributed by atoms with van der Waals surface area (Å²) in [7, 11) is 0. The maximum atomic E-state index is 9.26. The second kappa shape index (κ2) is 5.14. The van der Waals surface area contributed by atoms with Gasteiger partial charge in [0.15, 0.2) is 0 Å². The van der Waals surface area contributed by atoms with Crippen LogP contribution in [-0.2, 0) is 11.3 Å². The third-order valence-corrected chi connectivity index (χ3v) is 2.66. The quantitative estimate of drug-likeness (QED) is 0.789. The van der Waals surface area contributed by atoms with Gasteiger partial charge in [-0.3, -0.25) is 0 Å². The molecule has 2 rings (SSSR count). The Hall–Kier alpha value is -1.06. The summed E-state index contributed by atoms with van der Waals surface area (Å²) in [4.78, 5) is 0. The van der Waals surface area contributed by atoms with Crippen LogP contribution in [-0.4, -0.2) is 24.3 Å². The SMILES string of the molecule is Oc1cccc(COC[C@@H]2CCCN2)c1. The van der Waals surface area contributed by atoms with E-state index in [1.54, 1.807) is 12.1 Å².